The lowest BCUT2D eigenvalue weighted by atomic mass is 9.84. The van der Waals surface area contributed by atoms with Crippen LogP contribution in [0.2, 0.25) is 0 Å². The molecule has 1 atom stereocenters. The van der Waals surface area contributed by atoms with Crippen LogP contribution in [-0.4, -0.2) is 9.78 Å². The zero-order valence-electron chi connectivity index (χ0n) is 11.6. The minimum Gasteiger partial charge on any atom is -0.234 e. The molecule has 1 fully saturated rings. The highest BCUT2D eigenvalue weighted by molar-refractivity contribution is 5.28. The number of aromatic nitrogens is 3. The van der Waals surface area contributed by atoms with Gasteiger partial charge in [-0.3, -0.25) is 0 Å². The van der Waals surface area contributed by atoms with Gasteiger partial charge in [-0.05, 0) is 37.8 Å². The van der Waals surface area contributed by atoms with Gasteiger partial charge in [0.25, 0.3) is 6.33 Å². The van der Waals surface area contributed by atoms with Gasteiger partial charge in [0.1, 0.15) is 5.69 Å². The monoisotopic (exact) mass is 256 g/mol. The van der Waals surface area contributed by atoms with E-state index in [0.29, 0.717) is 6.04 Å². The maximum Gasteiger partial charge on any atom is 0.265 e. The zero-order valence-corrected chi connectivity index (χ0v) is 11.6. The summed E-state index contributed by atoms with van der Waals surface area (Å²) in [6.45, 7) is 2.33. The molecule has 0 unspecified atom stereocenters. The Morgan fingerprint density at radius 2 is 1.89 bits per heavy atom. The quantitative estimate of drug-likeness (QED) is 0.772. The summed E-state index contributed by atoms with van der Waals surface area (Å²) >= 11 is 0. The molecule has 0 spiro atoms. The molecule has 0 bridgehead atoms. The molecule has 1 aliphatic carbocycles. The molecule has 3 rings (SSSR count). The molecular weight excluding hydrogens is 234 g/mol. The first-order valence-electron chi connectivity index (χ1n) is 7.35. The minimum atomic E-state index is 0.553. The van der Waals surface area contributed by atoms with Crippen molar-refractivity contribution in [3.05, 3.63) is 43.0 Å². The van der Waals surface area contributed by atoms with E-state index in [1.54, 1.807) is 0 Å². The second kappa shape index (κ2) is 5.55. The predicted octanol–water partition coefficient (Wildman–Crippen LogP) is 3.30. The summed E-state index contributed by atoms with van der Waals surface area (Å²) in [6, 6.07) is 10.9. The second-order valence-corrected chi connectivity index (χ2v) is 5.61. The van der Waals surface area contributed by atoms with Gasteiger partial charge in [-0.1, -0.05) is 42.1 Å². The molecule has 2 aromatic rings. The molecule has 3 heteroatoms. The van der Waals surface area contributed by atoms with E-state index in [9.17, 15) is 0 Å². The predicted molar refractivity (Wildman–Crippen MR) is 75.0 cm³/mol. The van der Waals surface area contributed by atoms with Gasteiger partial charge in [-0.15, -0.1) is 0 Å². The van der Waals surface area contributed by atoms with Crippen LogP contribution >= 0.6 is 0 Å². The maximum absolute atomic E-state index is 4.48. The summed E-state index contributed by atoms with van der Waals surface area (Å²) in [6.07, 6.45) is 11.0. The largest absolute Gasteiger partial charge is 0.265 e. The number of hydrogen-bond acceptors (Lipinski definition) is 1. The Labute approximate surface area is 114 Å². The van der Waals surface area contributed by atoms with Crippen molar-refractivity contribution in [3.63, 3.8) is 0 Å². The van der Waals surface area contributed by atoms with Crippen molar-refractivity contribution < 1.29 is 4.57 Å². The zero-order chi connectivity index (χ0) is 13.1. The standard InChI is InChI=1S/C16H22N3/c1-14(15-8-4-2-5-9-15)18-12-17-19(13-18)16-10-6-3-7-11-16/h3,6-7,10-15H,2,4-5,8-9H2,1H3/q+1/t14-/m0/s1. The van der Waals surface area contributed by atoms with E-state index in [-0.39, 0.29) is 0 Å². The first kappa shape index (κ1) is 12.4. The molecule has 100 valence electrons. The lowest BCUT2D eigenvalue weighted by Crippen LogP contribution is -2.40. The molecule has 1 saturated carbocycles. The fraction of sp³-hybridized carbons (Fsp3) is 0.500. The SMILES string of the molecule is C[C@@H](C1CCCCC1)[n+]1cnn(-c2ccccc2)c1. The van der Waals surface area contributed by atoms with Gasteiger partial charge in [0, 0.05) is 5.10 Å². The Bertz CT molecular complexity index is 512. The highest BCUT2D eigenvalue weighted by Crippen LogP contribution is 2.29. The van der Waals surface area contributed by atoms with Crippen LogP contribution in [0.25, 0.3) is 5.69 Å². The number of hydrogen-bond donors (Lipinski definition) is 0. The van der Waals surface area contributed by atoms with Crippen LogP contribution in [0.1, 0.15) is 45.1 Å². The normalized spacial score (nSPS) is 18.4. The van der Waals surface area contributed by atoms with Crippen LogP contribution in [0.5, 0.6) is 0 Å². The third-order valence-electron chi connectivity index (χ3n) is 4.38. The molecule has 0 amide bonds. The van der Waals surface area contributed by atoms with Gasteiger partial charge in [0.15, 0.2) is 0 Å². The highest BCUT2D eigenvalue weighted by atomic mass is 15.4. The van der Waals surface area contributed by atoms with Gasteiger partial charge in [-0.2, -0.15) is 0 Å². The molecule has 0 radical (unpaired) electrons. The van der Waals surface area contributed by atoms with Crippen molar-refractivity contribution in [2.45, 2.75) is 45.1 Å². The van der Waals surface area contributed by atoms with Crippen molar-refractivity contribution in [2.24, 2.45) is 5.92 Å². The van der Waals surface area contributed by atoms with Crippen LogP contribution in [0.15, 0.2) is 43.0 Å². The maximum atomic E-state index is 4.48. The molecule has 3 nitrogen and oxygen atoms in total. The molecule has 1 aromatic heterocycles. The Hall–Kier alpha value is -1.64. The summed E-state index contributed by atoms with van der Waals surface area (Å²) in [5.74, 6) is 0.812. The van der Waals surface area contributed by atoms with Crippen molar-refractivity contribution in [1.82, 2.24) is 9.78 Å². The van der Waals surface area contributed by atoms with Crippen LogP contribution in [0.3, 0.4) is 0 Å². The van der Waals surface area contributed by atoms with Crippen molar-refractivity contribution in [2.75, 3.05) is 0 Å². The molecule has 0 saturated heterocycles. The minimum absolute atomic E-state index is 0.553. The first-order chi connectivity index (χ1) is 9.34. The van der Waals surface area contributed by atoms with E-state index >= 15 is 0 Å². The number of nitrogens with zero attached hydrogens (tertiary/aromatic N) is 3. The van der Waals surface area contributed by atoms with E-state index < -0.39 is 0 Å². The van der Waals surface area contributed by atoms with Gasteiger partial charge in [0.05, 0.1) is 6.04 Å². The Morgan fingerprint density at radius 1 is 1.16 bits per heavy atom. The van der Waals surface area contributed by atoms with Gasteiger partial charge >= 0.3 is 0 Å². The Kier molecular flexibility index (Phi) is 3.62. The van der Waals surface area contributed by atoms with Crippen molar-refractivity contribution >= 4 is 0 Å². The van der Waals surface area contributed by atoms with Crippen LogP contribution in [0, 0.1) is 5.92 Å². The number of para-hydroxylation sites is 1. The Balaban J connectivity index is 1.77. The molecule has 1 aliphatic rings. The molecule has 1 heterocycles. The Morgan fingerprint density at radius 3 is 2.63 bits per heavy atom. The lowest BCUT2D eigenvalue weighted by Gasteiger charge is -2.25. The van der Waals surface area contributed by atoms with Gasteiger partial charge in [0.2, 0.25) is 6.33 Å². The van der Waals surface area contributed by atoms with Gasteiger partial charge < -0.3 is 0 Å². The summed E-state index contributed by atoms with van der Waals surface area (Å²) in [5.41, 5.74) is 1.12. The van der Waals surface area contributed by atoms with Crippen LogP contribution < -0.4 is 4.57 Å². The van der Waals surface area contributed by atoms with Crippen LogP contribution in [0.4, 0.5) is 0 Å². The molecule has 1 aromatic carbocycles. The topological polar surface area (TPSA) is 21.7 Å². The van der Waals surface area contributed by atoms with Crippen molar-refractivity contribution in [1.29, 1.82) is 0 Å². The average molecular weight is 256 g/mol. The summed E-state index contributed by atoms with van der Waals surface area (Å²) in [4.78, 5) is 0. The smallest absolute Gasteiger partial charge is 0.234 e. The molecule has 19 heavy (non-hydrogen) atoms. The van der Waals surface area contributed by atoms with E-state index in [0.717, 1.165) is 11.6 Å². The fourth-order valence-electron chi connectivity index (χ4n) is 3.09. The van der Waals surface area contributed by atoms with E-state index in [2.05, 4.69) is 35.0 Å². The molecule has 0 N–H and O–H groups in total. The van der Waals surface area contributed by atoms with E-state index in [1.807, 2.05) is 29.2 Å². The molecule has 0 aliphatic heterocycles. The second-order valence-electron chi connectivity index (χ2n) is 5.61. The average Bonchev–Trinajstić information content (AvgIpc) is 2.98. The third-order valence-corrected chi connectivity index (χ3v) is 4.38. The van der Waals surface area contributed by atoms with Gasteiger partial charge in [-0.25, -0.2) is 4.57 Å². The fourth-order valence-corrected chi connectivity index (χ4v) is 3.09. The summed E-state index contributed by atoms with van der Waals surface area (Å²) in [5, 5.41) is 4.48. The third kappa shape index (κ3) is 2.70. The highest BCUT2D eigenvalue weighted by Gasteiger charge is 2.24. The summed E-state index contributed by atoms with van der Waals surface area (Å²) in [7, 11) is 0. The summed E-state index contributed by atoms with van der Waals surface area (Å²) < 4.78 is 4.22. The van der Waals surface area contributed by atoms with Crippen LogP contribution in [-0.2, 0) is 0 Å². The van der Waals surface area contributed by atoms with Crippen molar-refractivity contribution in [3.8, 4) is 5.69 Å². The molecular formula is C16H22N3+. The lowest BCUT2D eigenvalue weighted by molar-refractivity contribution is -0.727. The number of benzene rings is 1. The van der Waals surface area contributed by atoms with E-state index in [1.165, 1.54) is 32.1 Å². The van der Waals surface area contributed by atoms with E-state index in [4.69, 9.17) is 0 Å². The number of rotatable bonds is 3. The first-order valence-corrected chi connectivity index (χ1v) is 7.35.